The zero-order valence-electron chi connectivity index (χ0n) is 10.6. The Hall–Kier alpha value is -1.42. The average molecular weight is 252 g/mol. The van der Waals surface area contributed by atoms with Crippen LogP contribution in [0.25, 0.3) is 10.9 Å². The fourth-order valence-corrected chi connectivity index (χ4v) is 2.23. The predicted octanol–water partition coefficient (Wildman–Crippen LogP) is 2.09. The Morgan fingerprint density at radius 2 is 1.76 bits per heavy atom. The van der Waals surface area contributed by atoms with E-state index in [2.05, 4.69) is 0 Å². The quantitative estimate of drug-likeness (QED) is 0.729. The Morgan fingerprint density at radius 1 is 1.12 bits per heavy atom. The van der Waals surface area contributed by atoms with Crippen LogP contribution in [-0.2, 0) is 16.9 Å². The minimum Gasteiger partial charge on any atom is -0.224 e. The van der Waals surface area contributed by atoms with E-state index in [1.807, 2.05) is 49.9 Å². The van der Waals surface area contributed by atoms with E-state index in [9.17, 15) is 8.42 Å². The van der Waals surface area contributed by atoms with Crippen molar-refractivity contribution in [2.45, 2.75) is 18.7 Å². The fraction of sp³-hybridized carbons (Fsp3) is 0.308. The van der Waals surface area contributed by atoms with Crippen molar-refractivity contribution in [3.05, 3.63) is 36.5 Å². The van der Waals surface area contributed by atoms with Gasteiger partial charge in [0.25, 0.3) is 0 Å². The molecule has 2 aromatic rings. The van der Waals surface area contributed by atoms with Gasteiger partial charge < -0.3 is 0 Å². The SMILES string of the molecule is CC.C[n+]1cccc2cc(S(C)(=O)=O)ccc21. The second kappa shape index (κ2) is 5.27. The molecule has 3 nitrogen and oxygen atoms in total. The van der Waals surface area contributed by atoms with Crippen LogP contribution in [0.3, 0.4) is 0 Å². The summed E-state index contributed by atoms with van der Waals surface area (Å²) >= 11 is 0. The number of aryl methyl sites for hydroxylation is 1. The molecule has 0 saturated heterocycles. The lowest BCUT2D eigenvalue weighted by atomic mass is 10.2. The number of nitrogens with zero attached hydrogens (tertiary/aromatic N) is 1. The molecule has 0 aliphatic carbocycles. The zero-order valence-corrected chi connectivity index (χ0v) is 11.5. The topological polar surface area (TPSA) is 38.0 Å². The molecule has 1 aromatic heterocycles. The van der Waals surface area contributed by atoms with Crippen LogP contribution in [0.1, 0.15) is 13.8 Å². The second-order valence-corrected chi connectivity index (χ2v) is 5.63. The number of fused-ring (bicyclic) bond motifs is 1. The number of sulfone groups is 1. The molecule has 0 atom stereocenters. The van der Waals surface area contributed by atoms with Crippen LogP contribution in [0.15, 0.2) is 41.4 Å². The van der Waals surface area contributed by atoms with Gasteiger partial charge in [0.15, 0.2) is 16.0 Å². The molecule has 0 amide bonds. The summed E-state index contributed by atoms with van der Waals surface area (Å²) in [5.41, 5.74) is 1.02. The van der Waals surface area contributed by atoms with Gasteiger partial charge in [-0.25, -0.2) is 13.0 Å². The third kappa shape index (κ3) is 3.03. The highest BCUT2D eigenvalue weighted by atomic mass is 32.2. The Balaban J connectivity index is 0.000000686. The lowest BCUT2D eigenvalue weighted by molar-refractivity contribution is -0.644. The Labute approximate surface area is 103 Å². The van der Waals surface area contributed by atoms with Crippen molar-refractivity contribution in [2.75, 3.05) is 6.26 Å². The maximum atomic E-state index is 11.4. The summed E-state index contributed by atoms with van der Waals surface area (Å²) in [4.78, 5) is 0.362. The van der Waals surface area contributed by atoms with E-state index >= 15 is 0 Å². The molecular weight excluding hydrogens is 234 g/mol. The molecule has 0 saturated carbocycles. The summed E-state index contributed by atoms with van der Waals surface area (Å²) in [5, 5.41) is 0.933. The molecule has 1 aromatic carbocycles. The first-order chi connectivity index (χ1) is 7.98. The molecule has 0 fully saturated rings. The molecule has 0 aliphatic heterocycles. The van der Waals surface area contributed by atoms with Gasteiger partial charge in [0.1, 0.15) is 7.05 Å². The van der Waals surface area contributed by atoms with Crippen LogP contribution in [0.2, 0.25) is 0 Å². The third-order valence-electron chi connectivity index (χ3n) is 2.39. The maximum absolute atomic E-state index is 11.4. The number of rotatable bonds is 1. The summed E-state index contributed by atoms with van der Waals surface area (Å²) in [6.45, 7) is 4.00. The van der Waals surface area contributed by atoms with Gasteiger partial charge in [0, 0.05) is 23.8 Å². The second-order valence-electron chi connectivity index (χ2n) is 3.61. The van der Waals surface area contributed by atoms with E-state index in [1.54, 1.807) is 12.1 Å². The maximum Gasteiger partial charge on any atom is 0.212 e. The molecule has 0 aliphatic rings. The van der Waals surface area contributed by atoms with Crippen molar-refractivity contribution in [1.29, 1.82) is 0 Å². The molecule has 2 rings (SSSR count). The van der Waals surface area contributed by atoms with Gasteiger partial charge >= 0.3 is 0 Å². The summed E-state index contributed by atoms with van der Waals surface area (Å²) in [6, 6.07) is 8.96. The molecule has 0 unspecified atom stereocenters. The van der Waals surface area contributed by atoms with Crippen molar-refractivity contribution < 1.29 is 13.0 Å². The van der Waals surface area contributed by atoms with Crippen LogP contribution in [0.4, 0.5) is 0 Å². The van der Waals surface area contributed by atoms with Gasteiger partial charge in [-0.3, -0.25) is 0 Å². The summed E-state index contributed by atoms with van der Waals surface area (Å²) in [5.74, 6) is 0. The number of aromatic nitrogens is 1. The van der Waals surface area contributed by atoms with Gasteiger partial charge in [0.2, 0.25) is 5.52 Å². The van der Waals surface area contributed by atoms with Crippen LogP contribution in [0.5, 0.6) is 0 Å². The van der Waals surface area contributed by atoms with Crippen LogP contribution < -0.4 is 4.57 Å². The minimum absolute atomic E-state index is 0.362. The van der Waals surface area contributed by atoms with Crippen LogP contribution >= 0.6 is 0 Å². The molecule has 0 radical (unpaired) electrons. The number of benzene rings is 1. The monoisotopic (exact) mass is 252 g/mol. The summed E-state index contributed by atoms with van der Waals surface area (Å²) in [6.07, 6.45) is 3.15. The van der Waals surface area contributed by atoms with E-state index in [4.69, 9.17) is 0 Å². The zero-order chi connectivity index (χ0) is 13.1. The van der Waals surface area contributed by atoms with Gasteiger partial charge in [-0.2, -0.15) is 0 Å². The lowest BCUT2D eigenvalue weighted by Gasteiger charge is -1.99. The molecule has 1 heterocycles. The lowest BCUT2D eigenvalue weighted by Crippen LogP contribution is -2.27. The first-order valence-electron chi connectivity index (χ1n) is 5.57. The van der Waals surface area contributed by atoms with Gasteiger partial charge in [-0.15, -0.1) is 0 Å². The van der Waals surface area contributed by atoms with Crippen molar-refractivity contribution in [2.24, 2.45) is 7.05 Å². The predicted molar refractivity (Wildman–Crippen MR) is 69.6 cm³/mol. The van der Waals surface area contributed by atoms with Crippen molar-refractivity contribution in [1.82, 2.24) is 0 Å². The minimum atomic E-state index is -3.12. The Kier molecular flexibility index (Phi) is 4.23. The first kappa shape index (κ1) is 13.6. The molecule has 4 heteroatoms. The highest BCUT2D eigenvalue weighted by Crippen LogP contribution is 2.15. The standard InChI is InChI=1S/C11H12NO2S.C2H6/c1-12-7-3-4-9-8-10(15(2,13)14)5-6-11(9)12;1-2/h3-8H,1-2H3;1-2H3/q+1;. The Morgan fingerprint density at radius 3 is 2.35 bits per heavy atom. The van der Waals surface area contributed by atoms with Crippen molar-refractivity contribution in [3.63, 3.8) is 0 Å². The third-order valence-corrected chi connectivity index (χ3v) is 3.50. The largest absolute Gasteiger partial charge is 0.224 e. The van der Waals surface area contributed by atoms with E-state index < -0.39 is 9.84 Å². The number of hydrogen-bond acceptors (Lipinski definition) is 2. The normalized spacial score (nSPS) is 10.8. The number of pyridine rings is 1. The average Bonchev–Trinajstić information content (AvgIpc) is 2.30. The molecular formula is C13H18NO2S+. The van der Waals surface area contributed by atoms with E-state index in [-0.39, 0.29) is 0 Å². The van der Waals surface area contributed by atoms with Crippen molar-refractivity contribution in [3.8, 4) is 0 Å². The highest BCUT2D eigenvalue weighted by Gasteiger charge is 2.10. The molecule has 92 valence electrons. The van der Waals surface area contributed by atoms with Gasteiger partial charge in [-0.05, 0) is 18.2 Å². The van der Waals surface area contributed by atoms with Gasteiger partial charge in [-0.1, -0.05) is 13.8 Å². The van der Waals surface area contributed by atoms with Crippen molar-refractivity contribution >= 4 is 20.7 Å². The smallest absolute Gasteiger partial charge is 0.212 e. The fourth-order valence-electron chi connectivity index (χ4n) is 1.57. The highest BCUT2D eigenvalue weighted by molar-refractivity contribution is 7.90. The molecule has 17 heavy (non-hydrogen) atoms. The molecule has 0 spiro atoms. The van der Waals surface area contributed by atoms with Gasteiger partial charge in [0.05, 0.1) is 4.90 Å². The molecule has 0 bridgehead atoms. The first-order valence-corrected chi connectivity index (χ1v) is 7.46. The summed E-state index contributed by atoms with van der Waals surface area (Å²) < 4.78 is 24.7. The Bertz CT molecular complexity index is 618. The van der Waals surface area contributed by atoms with E-state index in [1.165, 1.54) is 6.26 Å². The number of hydrogen-bond donors (Lipinski definition) is 0. The summed E-state index contributed by atoms with van der Waals surface area (Å²) in [7, 11) is -1.18. The van der Waals surface area contributed by atoms with E-state index in [0.717, 1.165) is 10.9 Å². The molecule has 0 N–H and O–H groups in total. The van der Waals surface area contributed by atoms with E-state index in [0.29, 0.717) is 4.90 Å². The van der Waals surface area contributed by atoms with Crippen LogP contribution in [-0.4, -0.2) is 14.7 Å². The van der Waals surface area contributed by atoms with Crippen LogP contribution in [0, 0.1) is 0 Å².